The molecule has 0 saturated heterocycles. The van der Waals surface area contributed by atoms with Crippen LogP contribution in [0.2, 0.25) is 0 Å². The van der Waals surface area contributed by atoms with Crippen LogP contribution < -0.4 is 0 Å². The van der Waals surface area contributed by atoms with E-state index in [4.69, 9.17) is 4.42 Å². The topological polar surface area (TPSA) is 59.2 Å². The molecule has 20 heavy (non-hydrogen) atoms. The predicted molar refractivity (Wildman–Crippen MR) is 77.1 cm³/mol. The molecule has 102 valence electrons. The number of aromatic nitrogens is 2. The Kier molecular flexibility index (Phi) is 3.48. The van der Waals surface area contributed by atoms with Crippen LogP contribution in [0.3, 0.4) is 0 Å². The fraction of sp³-hybridized carbons (Fsp3) is 0.250. The third kappa shape index (κ3) is 2.30. The molecule has 1 aromatic carbocycles. The first-order chi connectivity index (χ1) is 9.79. The van der Waals surface area contributed by atoms with Gasteiger partial charge in [0.1, 0.15) is 5.52 Å². The van der Waals surface area contributed by atoms with Crippen molar-refractivity contribution < 1.29 is 9.52 Å². The third-order valence-electron chi connectivity index (χ3n) is 3.27. The van der Waals surface area contributed by atoms with Gasteiger partial charge in [0.2, 0.25) is 11.6 Å². The average molecular weight is 268 g/mol. The van der Waals surface area contributed by atoms with Crippen LogP contribution in [0, 0.1) is 0 Å². The summed E-state index contributed by atoms with van der Waals surface area (Å²) in [6.07, 6.45) is 2.73. The van der Waals surface area contributed by atoms with Crippen LogP contribution in [-0.2, 0) is 0 Å². The van der Waals surface area contributed by atoms with Gasteiger partial charge in [-0.25, -0.2) is 9.97 Å². The van der Waals surface area contributed by atoms with E-state index in [0.29, 0.717) is 23.5 Å². The zero-order valence-corrected chi connectivity index (χ0v) is 11.3. The fourth-order valence-electron chi connectivity index (χ4n) is 2.25. The second-order valence-corrected chi connectivity index (χ2v) is 4.74. The van der Waals surface area contributed by atoms with Crippen molar-refractivity contribution in [3.63, 3.8) is 0 Å². The summed E-state index contributed by atoms with van der Waals surface area (Å²) in [6, 6.07) is 11.5. The Bertz CT molecular complexity index is 707. The van der Waals surface area contributed by atoms with Crippen LogP contribution >= 0.6 is 0 Å². The van der Waals surface area contributed by atoms with E-state index >= 15 is 0 Å². The molecule has 1 unspecified atom stereocenters. The highest BCUT2D eigenvalue weighted by Gasteiger charge is 2.16. The van der Waals surface area contributed by atoms with Crippen molar-refractivity contribution in [2.45, 2.75) is 25.9 Å². The molecule has 0 aliphatic heterocycles. The number of aliphatic hydroxyl groups excluding tert-OH is 1. The van der Waals surface area contributed by atoms with Gasteiger partial charge in [-0.2, -0.15) is 0 Å². The number of benzene rings is 1. The van der Waals surface area contributed by atoms with Crippen LogP contribution in [0.1, 0.15) is 31.4 Å². The number of rotatable bonds is 4. The summed E-state index contributed by atoms with van der Waals surface area (Å²) in [5, 5.41) is 10.2. The minimum atomic E-state index is -0.528. The average Bonchev–Trinajstić information content (AvgIpc) is 2.92. The molecule has 4 nitrogen and oxygen atoms in total. The molecule has 3 aromatic rings. The van der Waals surface area contributed by atoms with Crippen LogP contribution in [0.25, 0.3) is 22.7 Å². The second kappa shape index (κ2) is 5.43. The molecule has 2 heterocycles. The molecule has 0 aliphatic rings. The van der Waals surface area contributed by atoms with E-state index < -0.39 is 6.10 Å². The molecular formula is C16H16N2O2. The standard InChI is InChI=1S/C16H16N2O2/c1-2-6-13(19)12-9-10-17-16-14(12)18-15(20-16)11-7-4-3-5-8-11/h3-5,7-10,13,19H,2,6H2,1H3. The molecule has 0 amide bonds. The van der Waals surface area contributed by atoms with Crippen LogP contribution in [0.15, 0.2) is 47.0 Å². The van der Waals surface area contributed by atoms with E-state index in [-0.39, 0.29) is 0 Å². The van der Waals surface area contributed by atoms with Gasteiger partial charge in [0.05, 0.1) is 6.10 Å². The van der Waals surface area contributed by atoms with Crippen molar-refractivity contribution in [1.29, 1.82) is 0 Å². The molecule has 4 heteroatoms. The van der Waals surface area contributed by atoms with Gasteiger partial charge in [-0.15, -0.1) is 0 Å². The molecular weight excluding hydrogens is 252 g/mol. The summed E-state index contributed by atoms with van der Waals surface area (Å²) in [4.78, 5) is 8.69. The normalized spacial score (nSPS) is 12.7. The molecule has 3 rings (SSSR count). The van der Waals surface area contributed by atoms with Crippen LogP contribution in [0.5, 0.6) is 0 Å². The van der Waals surface area contributed by atoms with Gasteiger partial charge in [-0.05, 0) is 24.6 Å². The van der Waals surface area contributed by atoms with Gasteiger partial charge in [0.25, 0.3) is 0 Å². The van der Waals surface area contributed by atoms with Crippen molar-refractivity contribution in [3.8, 4) is 11.5 Å². The molecule has 1 N–H and O–H groups in total. The Morgan fingerprint density at radius 3 is 2.75 bits per heavy atom. The van der Waals surface area contributed by atoms with Crippen molar-refractivity contribution in [3.05, 3.63) is 48.2 Å². The smallest absolute Gasteiger partial charge is 0.247 e. The summed E-state index contributed by atoms with van der Waals surface area (Å²) in [5.41, 5.74) is 2.80. The molecule has 2 aromatic heterocycles. The molecule has 1 atom stereocenters. The van der Waals surface area contributed by atoms with E-state index in [9.17, 15) is 5.11 Å². The van der Waals surface area contributed by atoms with Gasteiger partial charge in [0, 0.05) is 17.3 Å². The second-order valence-electron chi connectivity index (χ2n) is 4.74. The maximum absolute atomic E-state index is 10.2. The van der Waals surface area contributed by atoms with Crippen LogP contribution in [0.4, 0.5) is 0 Å². The van der Waals surface area contributed by atoms with E-state index in [2.05, 4.69) is 9.97 Å². The van der Waals surface area contributed by atoms with Crippen molar-refractivity contribution >= 4 is 11.2 Å². The largest absolute Gasteiger partial charge is 0.418 e. The highest BCUT2D eigenvalue weighted by Crippen LogP contribution is 2.29. The minimum Gasteiger partial charge on any atom is -0.418 e. The molecule has 0 radical (unpaired) electrons. The van der Waals surface area contributed by atoms with Gasteiger partial charge in [0.15, 0.2) is 0 Å². The molecule has 0 fully saturated rings. The van der Waals surface area contributed by atoms with E-state index in [0.717, 1.165) is 17.5 Å². The summed E-state index contributed by atoms with van der Waals surface area (Å²) in [6.45, 7) is 2.04. The summed E-state index contributed by atoms with van der Waals surface area (Å²) in [7, 11) is 0. The zero-order chi connectivity index (χ0) is 13.9. The molecule has 0 saturated carbocycles. The van der Waals surface area contributed by atoms with Gasteiger partial charge in [-0.3, -0.25) is 0 Å². The summed E-state index contributed by atoms with van der Waals surface area (Å²) < 4.78 is 5.69. The molecule has 0 aliphatic carbocycles. The lowest BCUT2D eigenvalue weighted by Crippen LogP contribution is -1.98. The number of hydrogen-bond donors (Lipinski definition) is 1. The molecule has 0 bridgehead atoms. The Morgan fingerprint density at radius 1 is 1.20 bits per heavy atom. The third-order valence-corrected chi connectivity index (χ3v) is 3.27. The first kappa shape index (κ1) is 12.8. The Hall–Kier alpha value is -2.20. The van der Waals surface area contributed by atoms with E-state index in [1.165, 1.54) is 0 Å². The van der Waals surface area contributed by atoms with Gasteiger partial charge < -0.3 is 9.52 Å². The fourth-order valence-corrected chi connectivity index (χ4v) is 2.25. The lowest BCUT2D eigenvalue weighted by Gasteiger charge is -2.08. The zero-order valence-electron chi connectivity index (χ0n) is 11.3. The van der Waals surface area contributed by atoms with Gasteiger partial charge >= 0.3 is 0 Å². The number of nitrogens with zero attached hydrogens (tertiary/aromatic N) is 2. The Balaban J connectivity index is 2.09. The predicted octanol–water partition coefficient (Wildman–Crippen LogP) is 3.72. The van der Waals surface area contributed by atoms with Gasteiger partial charge in [-0.1, -0.05) is 31.5 Å². The van der Waals surface area contributed by atoms with E-state index in [1.807, 2.05) is 37.3 Å². The monoisotopic (exact) mass is 268 g/mol. The minimum absolute atomic E-state index is 0.469. The number of pyridine rings is 1. The Morgan fingerprint density at radius 2 is 2.00 bits per heavy atom. The van der Waals surface area contributed by atoms with Crippen molar-refractivity contribution in [1.82, 2.24) is 9.97 Å². The van der Waals surface area contributed by atoms with Crippen LogP contribution in [-0.4, -0.2) is 15.1 Å². The maximum Gasteiger partial charge on any atom is 0.247 e. The van der Waals surface area contributed by atoms with Crippen molar-refractivity contribution in [2.75, 3.05) is 0 Å². The first-order valence-electron chi connectivity index (χ1n) is 6.78. The maximum atomic E-state index is 10.2. The number of fused-ring (bicyclic) bond motifs is 1. The Labute approximate surface area is 117 Å². The molecule has 0 spiro atoms. The van der Waals surface area contributed by atoms with E-state index in [1.54, 1.807) is 12.3 Å². The first-order valence-corrected chi connectivity index (χ1v) is 6.78. The lowest BCUT2D eigenvalue weighted by molar-refractivity contribution is 0.167. The SMILES string of the molecule is CCCC(O)c1ccnc2oc(-c3ccccc3)nc12. The van der Waals surface area contributed by atoms with Crippen molar-refractivity contribution in [2.24, 2.45) is 0 Å². The lowest BCUT2D eigenvalue weighted by atomic mass is 10.1. The summed E-state index contributed by atoms with van der Waals surface area (Å²) in [5.74, 6) is 0.532. The summed E-state index contributed by atoms with van der Waals surface area (Å²) >= 11 is 0. The highest BCUT2D eigenvalue weighted by atomic mass is 16.4. The number of hydrogen-bond acceptors (Lipinski definition) is 4. The number of oxazole rings is 1. The highest BCUT2D eigenvalue weighted by molar-refractivity contribution is 5.76. The quantitative estimate of drug-likeness (QED) is 0.783. The number of aliphatic hydroxyl groups is 1.